The first-order valence-corrected chi connectivity index (χ1v) is 18.6. The topological polar surface area (TPSA) is 273 Å². The molecule has 5 aromatic rings. The van der Waals surface area contributed by atoms with Gasteiger partial charge in [-0.3, -0.25) is 8.94 Å². The van der Waals surface area contributed by atoms with Crippen molar-refractivity contribution < 1.29 is 47.9 Å². The Balaban J connectivity index is 0.000000662. The summed E-state index contributed by atoms with van der Waals surface area (Å²) in [6.07, 6.45) is 2.51. The summed E-state index contributed by atoms with van der Waals surface area (Å²) >= 11 is 0. The van der Waals surface area contributed by atoms with E-state index >= 15 is 0 Å². The molecule has 0 fully saturated rings. The molecule has 22 heteroatoms. The number of alkyl halides is 1. The van der Waals surface area contributed by atoms with Crippen molar-refractivity contribution in [1.29, 1.82) is 0 Å². The van der Waals surface area contributed by atoms with Crippen LogP contribution in [0.25, 0.3) is 10.8 Å². The predicted molar refractivity (Wildman–Crippen MR) is 196 cm³/mol. The molecule has 5 rings (SSSR count). The summed E-state index contributed by atoms with van der Waals surface area (Å²) in [7, 11) is -9.34. The van der Waals surface area contributed by atoms with Gasteiger partial charge in [-0.2, -0.15) is 23.0 Å². The molecule has 17 nitrogen and oxygen atoms in total. The van der Waals surface area contributed by atoms with Crippen molar-refractivity contribution in [3.63, 3.8) is 0 Å². The first-order chi connectivity index (χ1) is 25.4. The number of phenols is 1. The minimum atomic E-state index is -4.83. The number of sulfone groups is 1. The summed E-state index contributed by atoms with van der Waals surface area (Å²) < 4.78 is 105. The smallest absolute Gasteiger partial charge is 0.425 e. The van der Waals surface area contributed by atoms with Crippen molar-refractivity contribution in [2.75, 3.05) is 25.3 Å². The number of aromatic hydroxyl groups is 1. The van der Waals surface area contributed by atoms with Gasteiger partial charge in [-0.05, 0) is 78.9 Å². The molecule has 0 aliphatic rings. The van der Waals surface area contributed by atoms with Crippen molar-refractivity contribution in [3.8, 4) is 5.75 Å². The van der Waals surface area contributed by atoms with Crippen LogP contribution in [0.3, 0.4) is 0 Å². The Morgan fingerprint density at radius 3 is 2.00 bits per heavy atom. The van der Waals surface area contributed by atoms with E-state index in [1.807, 2.05) is 19.1 Å². The third-order valence-electron chi connectivity index (χ3n) is 6.77. The molecular formula is C32H32F2N8O9S3. The van der Waals surface area contributed by atoms with Crippen LogP contribution in [-0.2, 0) is 30.6 Å². The highest BCUT2D eigenvalue weighted by molar-refractivity contribution is 7.94. The van der Waals surface area contributed by atoms with Gasteiger partial charge in [0.25, 0.3) is 10.1 Å². The molecule has 0 aliphatic heterocycles. The number of aryl methyl sites for hydroxylation is 2. The summed E-state index contributed by atoms with van der Waals surface area (Å²) in [4.78, 5) is 6.04. The van der Waals surface area contributed by atoms with Crippen molar-refractivity contribution in [2.45, 2.75) is 23.6 Å². The number of hydrogen-bond donors (Lipinski definition) is 4. The average molecular weight is 807 g/mol. The van der Waals surface area contributed by atoms with Gasteiger partial charge in [-0.1, -0.05) is 12.6 Å². The number of fused-ring (bicyclic) bond motifs is 1. The van der Waals surface area contributed by atoms with E-state index in [1.165, 1.54) is 36.5 Å². The summed E-state index contributed by atoms with van der Waals surface area (Å²) in [5.41, 5.74) is 8.55. The minimum absolute atomic E-state index is 0.0230. The van der Waals surface area contributed by atoms with Gasteiger partial charge >= 0.3 is 10.6 Å². The number of halogens is 2. The highest BCUT2D eigenvalue weighted by atomic mass is 32.2. The summed E-state index contributed by atoms with van der Waals surface area (Å²) in [5.74, 6) is -0.865. The van der Waals surface area contributed by atoms with Gasteiger partial charge in [0.05, 0.1) is 34.5 Å². The number of nitrogens with one attached hydrogen (secondary N) is 1. The quantitative estimate of drug-likeness (QED) is 0.0534. The van der Waals surface area contributed by atoms with E-state index in [4.69, 9.17) is 18.4 Å². The molecular weight excluding hydrogens is 775 g/mol. The van der Waals surface area contributed by atoms with E-state index in [9.17, 15) is 35.3 Å². The summed E-state index contributed by atoms with van der Waals surface area (Å²) in [6.45, 7) is 6.78. The van der Waals surface area contributed by atoms with E-state index in [1.54, 1.807) is 26.1 Å². The lowest BCUT2D eigenvalue weighted by Gasteiger charge is -2.13. The maximum absolute atomic E-state index is 12.3. The first kappa shape index (κ1) is 44.1. The van der Waals surface area contributed by atoms with Gasteiger partial charge in [0.15, 0.2) is 15.6 Å². The van der Waals surface area contributed by atoms with E-state index in [0.717, 1.165) is 29.1 Å². The second-order valence-electron chi connectivity index (χ2n) is 10.2. The lowest BCUT2D eigenvalue weighted by molar-refractivity contribution is 0.480. The SMILES string of the molecule is C=CS(=O)(=O)c1ccc(N=Nc2c(S(=O)(=O)O)cc3cc(C)c(N=Nc4cc(NC)ccc4C)c(O)c3c2N)cc1.CF.Fc1ccncn1.O=S(=O)=O. The highest BCUT2D eigenvalue weighted by Crippen LogP contribution is 2.47. The van der Waals surface area contributed by atoms with Gasteiger partial charge in [-0.15, -0.1) is 22.9 Å². The van der Waals surface area contributed by atoms with Crippen LogP contribution in [0.1, 0.15) is 11.1 Å². The second-order valence-corrected chi connectivity index (χ2v) is 13.9. The molecule has 0 saturated carbocycles. The van der Waals surface area contributed by atoms with Crippen LogP contribution in [0.4, 0.5) is 42.9 Å². The van der Waals surface area contributed by atoms with E-state index in [2.05, 4.69) is 42.3 Å². The Morgan fingerprint density at radius 2 is 1.50 bits per heavy atom. The largest absolute Gasteiger partial charge is 0.505 e. The number of nitrogens with two attached hydrogens (primary N) is 1. The predicted octanol–water partition coefficient (Wildman–Crippen LogP) is 6.98. The Morgan fingerprint density at radius 1 is 0.889 bits per heavy atom. The third kappa shape index (κ3) is 12.0. The zero-order valence-corrected chi connectivity index (χ0v) is 31.2. The molecule has 0 aliphatic carbocycles. The number of hydrogen-bond acceptors (Lipinski definition) is 16. The Bertz CT molecular complexity index is 2520. The molecule has 1 heterocycles. The molecule has 0 atom stereocenters. The minimum Gasteiger partial charge on any atom is -0.505 e. The molecule has 5 N–H and O–H groups in total. The number of nitrogens with zero attached hydrogens (tertiary/aromatic N) is 6. The van der Waals surface area contributed by atoms with Gasteiger partial charge in [0.2, 0.25) is 5.95 Å². The third-order valence-corrected chi connectivity index (χ3v) is 9.00. The van der Waals surface area contributed by atoms with E-state index < -0.39 is 47.1 Å². The standard InChI is InChI=1S/C27H26N6O6S2.C4H3FN2.CH3F.O3S/c1-5-40(35,36)20-10-8-18(9-11-20)30-33-26-22(41(37,38)39)13-17-12-16(3)25(27(34)23(17)24(26)28)32-31-21-14-19(29-4)7-6-15(21)2;5-4-1-2-6-3-7-4;1-2;1-4(2)3/h5-14,29,34H,1,28H2,2-4H3,(H,37,38,39);1-3H;1H3;. The van der Waals surface area contributed by atoms with Gasteiger partial charge in [-0.25, -0.2) is 18.4 Å². The first-order valence-electron chi connectivity index (χ1n) is 14.6. The zero-order chi connectivity index (χ0) is 40.8. The van der Waals surface area contributed by atoms with Gasteiger partial charge in [0, 0.05) is 30.4 Å². The lowest BCUT2D eigenvalue weighted by atomic mass is 10.0. The molecule has 0 amide bonds. The van der Waals surface area contributed by atoms with Crippen molar-refractivity contribution >= 4 is 75.5 Å². The summed E-state index contributed by atoms with van der Waals surface area (Å²) in [6, 6.07) is 14.6. The molecule has 0 saturated heterocycles. The van der Waals surface area contributed by atoms with Gasteiger partial charge in [0.1, 0.15) is 22.6 Å². The Labute approximate surface area is 309 Å². The number of aromatic nitrogens is 2. The molecule has 286 valence electrons. The van der Waals surface area contributed by atoms with Crippen molar-refractivity contribution in [2.24, 2.45) is 20.5 Å². The van der Waals surface area contributed by atoms with Crippen LogP contribution in [0, 0.1) is 19.8 Å². The van der Waals surface area contributed by atoms with Gasteiger partial charge < -0.3 is 16.2 Å². The fourth-order valence-electron chi connectivity index (χ4n) is 4.26. The molecule has 0 spiro atoms. The number of rotatable bonds is 8. The second kappa shape index (κ2) is 19.7. The summed E-state index contributed by atoms with van der Waals surface area (Å²) in [5, 5.41) is 31.7. The van der Waals surface area contributed by atoms with E-state index in [0.29, 0.717) is 18.4 Å². The molecule has 0 bridgehead atoms. The normalized spacial score (nSPS) is 11.1. The number of anilines is 2. The van der Waals surface area contributed by atoms with Crippen LogP contribution >= 0.6 is 0 Å². The fraction of sp³-hybridized carbons (Fsp3) is 0.125. The van der Waals surface area contributed by atoms with Crippen LogP contribution in [0.15, 0.2) is 115 Å². The molecule has 4 aromatic carbocycles. The van der Waals surface area contributed by atoms with Crippen LogP contribution < -0.4 is 11.1 Å². The highest BCUT2D eigenvalue weighted by Gasteiger charge is 2.24. The number of nitrogen functional groups attached to an aromatic ring is 1. The van der Waals surface area contributed by atoms with Crippen LogP contribution in [0.2, 0.25) is 0 Å². The molecule has 54 heavy (non-hydrogen) atoms. The Hall–Kier alpha value is -6.10. The zero-order valence-electron chi connectivity index (χ0n) is 28.7. The monoisotopic (exact) mass is 806 g/mol. The number of benzene rings is 4. The fourth-order valence-corrected chi connectivity index (χ4v) is 5.64. The van der Waals surface area contributed by atoms with E-state index in [-0.39, 0.29) is 38.5 Å². The molecule has 0 radical (unpaired) electrons. The Kier molecular flexibility index (Phi) is 16.0. The van der Waals surface area contributed by atoms with Crippen molar-refractivity contribution in [3.05, 3.63) is 102 Å². The molecule has 0 unspecified atom stereocenters. The number of azo groups is 2. The lowest BCUT2D eigenvalue weighted by Crippen LogP contribution is -2.02. The number of phenolic OH excluding ortho intramolecular Hbond substituents is 1. The van der Waals surface area contributed by atoms with Crippen LogP contribution in [-0.4, -0.2) is 63.3 Å². The average Bonchev–Trinajstić information content (AvgIpc) is 3.12. The molecule has 1 aromatic heterocycles. The maximum atomic E-state index is 12.3. The maximum Gasteiger partial charge on any atom is 0.425 e. The van der Waals surface area contributed by atoms with Crippen LogP contribution in [0.5, 0.6) is 5.75 Å². The van der Waals surface area contributed by atoms with Crippen molar-refractivity contribution in [1.82, 2.24) is 9.97 Å².